The molecule has 0 amide bonds. The Morgan fingerprint density at radius 2 is 2.00 bits per heavy atom. The molecular weight excluding hydrogens is 224 g/mol. The molecule has 0 atom stereocenters. The van der Waals surface area contributed by atoms with Crippen molar-refractivity contribution in [1.29, 1.82) is 0 Å². The molecular formula is C10H10ClF2NO. The first-order chi connectivity index (χ1) is 6.99. The van der Waals surface area contributed by atoms with E-state index in [1.165, 1.54) is 13.2 Å². The van der Waals surface area contributed by atoms with Crippen molar-refractivity contribution >= 4 is 11.6 Å². The second-order valence-corrected chi connectivity index (χ2v) is 4.13. The minimum atomic E-state index is -1.10. The fourth-order valence-corrected chi connectivity index (χ4v) is 1.74. The Morgan fingerprint density at radius 1 is 1.40 bits per heavy atom. The van der Waals surface area contributed by atoms with E-state index in [1.54, 1.807) is 0 Å². The standard InChI is InChI=1S/C10H10ClF2NO/c1-15-9-5(10(14)2-3-10)4-6(11)7(12)8(9)13/h4H,2-3,14H2,1H3. The highest BCUT2D eigenvalue weighted by Crippen LogP contribution is 2.48. The van der Waals surface area contributed by atoms with Crippen molar-refractivity contribution in [3.05, 3.63) is 28.3 Å². The van der Waals surface area contributed by atoms with Crippen molar-refractivity contribution in [3.8, 4) is 5.75 Å². The second kappa shape index (κ2) is 3.32. The second-order valence-electron chi connectivity index (χ2n) is 3.72. The van der Waals surface area contributed by atoms with Crippen LogP contribution in [0.2, 0.25) is 5.02 Å². The number of hydrogen-bond acceptors (Lipinski definition) is 2. The van der Waals surface area contributed by atoms with E-state index in [-0.39, 0.29) is 10.8 Å². The molecule has 0 radical (unpaired) electrons. The Labute approximate surface area is 91.0 Å². The molecule has 2 nitrogen and oxygen atoms in total. The maximum atomic E-state index is 13.4. The van der Waals surface area contributed by atoms with Crippen molar-refractivity contribution < 1.29 is 13.5 Å². The van der Waals surface area contributed by atoms with Crippen LogP contribution in [-0.4, -0.2) is 7.11 Å². The summed E-state index contributed by atoms with van der Waals surface area (Å²) in [4.78, 5) is 0. The number of ether oxygens (including phenoxy) is 1. The fraction of sp³-hybridized carbons (Fsp3) is 0.400. The Balaban J connectivity index is 2.63. The fourth-order valence-electron chi connectivity index (χ4n) is 1.55. The van der Waals surface area contributed by atoms with Gasteiger partial charge in [-0.2, -0.15) is 4.39 Å². The average molecular weight is 234 g/mol. The lowest BCUT2D eigenvalue weighted by Crippen LogP contribution is -2.20. The summed E-state index contributed by atoms with van der Waals surface area (Å²) in [6, 6.07) is 1.34. The minimum Gasteiger partial charge on any atom is -0.493 e. The number of halogens is 3. The predicted molar refractivity (Wildman–Crippen MR) is 53.0 cm³/mol. The van der Waals surface area contributed by atoms with Gasteiger partial charge in [0.05, 0.1) is 12.1 Å². The van der Waals surface area contributed by atoms with Crippen LogP contribution in [0.15, 0.2) is 6.07 Å². The van der Waals surface area contributed by atoms with Crippen LogP contribution < -0.4 is 10.5 Å². The quantitative estimate of drug-likeness (QED) is 0.797. The van der Waals surface area contributed by atoms with E-state index in [1.807, 2.05) is 0 Å². The largest absolute Gasteiger partial charge is 0.493 e. The van der Waals surface area contributed by atoms with Crippen molar-refractivity contribution in [3.63, 3.8) is 0 Å². The van der Waals surface area contributed by atoms with Crippen LogP contribution in [0, 0.1) is 11.6 Å². The van der Waals surface area contributed by atoms with Crippen LogP contribution >= 0.6 is 11.6 Å². The molecule has 2 rings (SSSR count). The first kappa shape index (κ1) is 10.6. The van der Waals surface area contributed by atoms with Gasteiger partial charge in [-0.25, -0.2) is 4.39 Å². The van der Waals surface area contributed by atoms with Crippen molar-refractivity contribution in [2.75, 3.05) is 7.11 Å². The topological polar surface area (TPSA) is 35.2 Å². The van der Waals surface area contributed by atoms with E-state index in [0.29, 0.717) is 5.56 Å². The lowest BCUT2D eigenvalue weighted by molar-refractivity contribution is 0.362. The summed E-state index contributed by atoms with van der Waals surface area (Å²) in [5.74, 6) is -2.31. The number of rotatable bonds is 2. The van der Waals surface area contributed by atoms with Crippen LogP contribution in [0.4, 0.5) is 8.78 Å². The molecule has 0 heterocycles. The summed E-state index contributed by atoms with van der Waals surface area (Å²) < 4.78 is 31.4. The van der Waals surface area contributed by atoms with Crippen LogP contribution in [0.3, 0.4) is 0 Å². The van der Waals surface area contributed by atoms with Crippen molar-refractivity contribution in [2.45, 2.75) is 18.4 Å². The Hall–Kier alpha value is -0.870. The third-order valence-corrected chi connectivity index (χ3v) is 2.92. The highest BCUT2D eigenvalue weighted by atomic mass is 35.5. The zero-order valence-corrected chi connectivity index (χ0v) is 8.87. The van der Waals surface area contributed by atoms with Gasteiger partial charge in [0.1, 0.15) is 0 Å². The Bertz CT molecular complexity index is 418. The SMILES string of the molecule is COc1c(C2(N)CC2)cc(Cl)c(F)c1F. The molecule has 15 heavy (non-hydrogen) atoms. The smallest absolute Gasteiger partial charge is 0.202 e. The maximum Gasteiger partial charge on any atom is 0.202 e. The molecule has 1 aromatic rings. The van der Waals surface area contributed by atoms with E-state index in [4.69, 9.17) is 22.1 Å². The number of benzene rings is 1. The van der Waals surface area contributed by atoms with Crippen LogP contribution in [0.5, 0.6) is 5.75 Å². The van der Waals surface area contributed by atoms with Crippen molar-refractivity contribution in [1.82, 2.24) is 0 Å². The molecule has 1 aliphatic carbocycles. The summed E-state index contributed by atoms with van der Waals surface area (Å²) in [5, 5.41) is -0.264. The van der Waals surface area contributed by atoms with Crippen LogP contribution in [0.25, 0.3) is 0 Å². The molecule has 1 saturated carbocycles. The minimum absolute atomic E-state index is 0.142. The van der Waals surface area contributed by atoms with E-state index in [9.17, 15) is 8.78 Å². The van der Waals surface area contributed by atoms with Gasteiger partial charge >= 0.3 is 0 Å². The van der Waals surface area contributed by atoms with Crippen molar-refractivity contribution in [2.24, 2.45) is 5.73 Å². The zero-order chi connectivity index (χ0) is 11.2. The van der Waals surface area contributed by atoms with Gasteiger partial charge in [0, 0.05) is 11.1 Å². The van der Waals surface area contributed by atoms with Crippen LogP contribution in [0.1, 0.15) is 18.4 Å². The maximum absolute atomic E-state index is 13.4. The monoisotopic (exact) mass is 233 g/mol. The summed E-state index contributed by atoms with van der Waals surface area (Å²) in [5.41, 5.74) is 5.74. The average Bonchev–Trinajstić information content (AvgIpc) is 2.94. The normalized spacial score (nSPS) is 17.7. The molecule has 1 aliphatic rings. The number of methoxy groups -OCH3 is 1. The van der Waals surface area contributed by atoms with Gasteiger partial charge in [-0.05, 0) is 18.9 Å². The summed E-state index contributed by atoms with van der Waals surface area (Å²) in [7, 11) is 1.28. The van der Waals surface area contributed by atoms with Gasteiger partial charge in [-0.1, -0.05) is 11.6 Å². The van der Waals surface area contributed by atoms with Crippen LogP contribution in [-0.2, 0) is 5.54 Å². The van der Waals surface area contributed by atoms with Gasteiger partial charge in [-0.3, -0.25) is 0 Å². The molecule has 0 bridgehead atoms. The number of hydrogen-bond donors (Lipinski definition) is 1. The van der Waals surface area contributed by atoms with E-state index in [0.717, 1.165) is 12.8 Å². The Kier molecular flexibility index (Phi) is 2.35. The molecule has 1 aromatic carbocycles. The van der Waals surface area contributed by atoms with E-state index >= 15 is 0 Å². The molecule has 0 spiro atoms. The molecule has 5 heteroatoms. The lowest BCUT2D eigenvalue weighted by Gasteiger charge is -2.15. The Morgan fingerprint density at radius 3 is 2.47 bits per heavy atom. The van der Waals surface area contributed by atoms with Gasteiger partial charge in [0.15, 0.2) is 11.6 Å². The lowest BCUT2D eigenvalue weighted by atomic mass is 10.0. The molecule has 1 fully saturated rings. The zero-order valence-electron chi connectivity index (χ0n) is 8.11. The van der Waals surface area contributed by atoms with Gasteiger partial charge in [-0.15, -0.1) is 0 Å². The summed E-state index contributed by atoms with van der Waals surface area (Å²) >= 11 is 5.56. The first-order valence-electron chi connectivity index (χ1n) is 4.50. The first-order valence-corrected chi connectivity index (χ1v) is 4.88. The third kappa shape index (κ3) is 1.58. The molecule has 0 unspecified atom stereocenters. The van der Waals surface area contributed by atoms with Gasteiger partial charge in [0.2, 0.25) is 5.82 Å². The van der Waals surface area contributed by atoms with E-state index in [2.05, 4.69) is 0 Å². The molecule has 0 aliphatic heterocycles. The van der Waals surface area contributed by atoms with Gasteiger partial charge < -0.3 is 10.5 Å². The van der Waals surface area contributed by atoms with E-state index < -0.39 is 17.2 Å². The number of nitrogens with two attached hydrogens (primary N) is 1. The molecule has 82 valence electrons. The molecule has 2 N–H and O–H groups in total. The predicted octanol–water partition coefficient (Wildman–Crippen LogP) is 2.57. The third-order valence-electron chi connectivity index (χ3n) is 2.65. The van der Waals surface area contributed by atoms with Gasteiger partial charge in [0.25, 0.3) is 0 Å². The molecule has 0 saturated heterocycles. The highest BCUT2D eigenvalue weighted by molar-refractivity contribution is 6.30. The summed E-state index contributed by atoms with van der Waals surface area (Å²) in [6.45, 7) is 0. The summed E-state index contributed by atoms with van der Waals surface area (Å²) in [6.07, 6.45) is 1.45. The highest BCUT2D eigenvalue weighted by Gasteiger charge is 2.43. The molecule has 0 aromatic heterocycles.